The first-order valence-corrected chi connectivity index (χ1v) is 3.78. The van der Waals surface area contributed by atoms with Gasteiger partial charge in [-0.3, -0.25) is 0 Å². The van der Waals surface area contributed by atoms with E-state index in [0.717, 1.165) is 0 Å². The van der Waals surface area contributed by atoms with E-state index in [4.69, 9.17) is 0 Å². The molecule has 0 bridgehead atoms. The predicted molar refractivity (Wildman–Crippen MR) is 26.5 cm³/mol. The van der Waals surface area contributed by atoms with Crippen molar-refractivity contribution in [2.45, 2.75) is 17.6 Å². The van der Waals surface area contributed by atoms with E-state index < -0.39 is 27.6 Å². The van der Waals surface area contributed by atoms with E-state index in [1.807, 2.05) is 0 Å². The Kier molecular flexibility index (Phi) is 1.10. The second-order valence-corrected chi connectivity index (χ2v) is 3.77. The lowest BCUT2D eigenvalue weighted by molar-refractivity contribution is 0.326. The van der Waals surface area contributed by atoms with E-state index in [0.29, 0.717) is 0 Å². The molecule has 54 valence electrons. The maximum atomic E-state index is 12.3. The SMILES string of the molecule is NS(=O)(=O)C1(F)CC1F. The van der Waals surface area contributed by atoms with Crippen LogP contribution in [0.4, 0.5) is 8.78 Å². The molecule has 0 aromatic heterocycles. The van der Waals surface area contributed by atoms with Gasteiger partial charge < -0.3 is 0 Å². The minimum Gasteiger partial charge on any atom is -0.243 e. The molecule has 2 N–H and O–H groups in total. The molecule has 0 spiro atoms. The molecule has 0 aliphatic heterocycles. The van der Waals surface area contributed by atoms with E-state index in [9.17, 15) is 17.2 Å². The topological polar surface area (TPSA) is 60.2 Å². The van der Waals surface area contributed by atoms with Crippen LogP contribution >= 0.6 is 0 Å². The molecule has 0 aromatic carbocycles. The molecular formula is C3H5F2NO2S. The first-order chi connectivity index (χ1) is 3.88. The Labute approximate surface area is 50.9 Å². The second kappa shape index (κ2) is 1.43. The van der Waals surface area contributed by atoms with Crippen molar-refractivity contribution in [1.29, 1.82) is 0 Å². The highest BCUT2D eigenvalue weighted by molar-refractivity contribution is 7.90. The maximum absolute atomic E-state index is 12.3. The molecule has 0 aromatic rings. The summed E-state index contributed by atoms with van der Waals surface area (Å²) in [6.07, 6.45) is -2.54. The molecule has 1 rings (SSSR count). The molecule has 1 fully saturated rings. The van der Waals surface area contributed by atoms with Crippen molar-refractivity contribution in [2.75, 3.05) is 0 Å². The molecule has 1 aliphatic rings. The smallest absolute Gasteiger partial charge is 0.243 e. The van der Waals surface area contributed by atoms with Gasteiger partial charge in [-0.2, -0.15) is 0 Å². The number of alkyl halides is 2. The van der Waals surface area contributed by atoms with E-state index >= 15 is 0 Å². The summed E-state index contributed by atoms with van der Waals surface area (Å²) in [5.41, 5.74) is 0. The fraction of sp³-hybridized carbons (Fsp3) is 1.00. The number of hydrogen-bond acceptors (Lipinski definition) is 2. The van der Waals surface area contributed by atoms with Crippen LogP contribution in [0.1, 0.15) is 6.42 Å². The van der Waals surface area contributed by atoms with Crippen molar-refractivity contribution in [2.24, 2.45) is 5.14 Å². The Morgan fingerprint density at radius 2 is 2.00 bits per heavy atom. The molecule has 1 aliphatic carbocycles. The van der Waals surface area contributed by atoms with E-state index in [1.165, 1.54) is 0 Å². The number of primary sulfonamides is 1. The fourth-order valence-corrected chi connectivity index (χ4v) is 1.21. The van der Waals surface area contributed by atoms with Gasteiger partial charge in [0.15, 0.2) is 6.17 Å². The van der Waals surface area contributed by atoms with Crippen LogP contribution in [-0.2, 0) is 10.0 Å². The van der Waals surface area contributed by atoms with Gasteiger partial charge >= 0.3 is 0 Å². The molecule has 0 heterocycles. The van der Waals surface area contributed by atoms with Crippen LogP contribution in [0, 0.1) is 0 Å². The summed E-state index contributed by atoms with van der Waals surface area (Å²) in [6, 6.07) is 0. The van der Waals surface area contributed by atoms with Gasteiger partial charge in [0.1, 0.15) is 0 Å². The van der Waals surface area contributed by atoms with Crippen LogP contribution in [0.25, 0.3) is 0 Å². The van der Waals surface area contributed by atoms with Gasteiger partial charge in [0.25, 0.3) is 5.00 Å². The molecule has 2 unspecified atom stereocenters. The first-order valence-electron chi connectivity index (χ1n) is 2.23. The Morgan fingerprint density at radius 3 is 2.00 bits per heavy atom. The molecule has 0 saturated heterocycles. The van der Waals surface area contributed by atoms with E-state index in [1.54, 1.807) is 0 Å². The van der Waals surface area contributed by atoms with Crippen LogP contribution < -0.4 is 5.14 Å². The van der Waals surface area contributed by atoms with Crippen molar-refractivity contribution in [3.8, 4) is 0 Å². The van der Waals surface area contributed by atoms with Gasteiger partial charge in [-0.1, -0.05) is 0 Å². The average molecular weight is 157 g/mol. The predicted octanol–water partition coefficient (Wildman–Crippen LogP) is -0.317. The monoisotopic (exact) mass is 157 g/mol. The Balaban J connectivity index is 2.90. The molecule has 2 atom stereocenters. The van der Waals surface area contributed by atoms with Gasteiger partial charge in [-0.25, -0.2) is 22.3 Å². The fourth-order valence-electron chi connectivity index (χ4n) is 0.480. The maximum Gasteiger partial charge on any atom is 0.257 e. The second-order valence-electron chi connectivity index (χ2n) is 2.00. The lowest BCUT2D eigenvalue weighted by Crippen LogP contribution is -2.28. The summed E-state index contributed by atoms with van der Waals surface area (Å²) in [4.78, 5) is 0. The zero-order valence-electron chi connectivity index (χ0n) is 4.34. The lowest BCUT2D eigenvalue weighted by atomic mass is 10.9. The van der Waals surface area contributed by atoms with Crippen LogP contribution in [0.5, 0.6) is 0 Å². The van der Waals surface area contributed by atoms with Crippen molar-refractivity contribution in [1.82, 2.24) is 0 Å². The number of rotatable bonds is 1. The van der Waals surface area contributed by atoms with Crippen molar-refractivity contribution in [3.63, 3.8) is 0 Å². The highest BCUT2D eigenvalue weighted by Gasteiger charge is 2.66. The summed E-state index contributed by atoms with van der Waals surface area (Å²) in [5, 5.41) is 1.55. The largest absolute Gasteiger partial charge is 0.257 e. The third-order valence-corrected chi connectivity index (χ3v) is 2.61. The van der Waals surface area contributed by atoms with Gasteiger partial charge in [0.2, 0.25) is 10.0 Å². The Bertz CT molecular complexity index is 226. The quantitative estimate of drug-likeness (QED) is 0.567. The third kappa shape index (κ3) is 0.819. The summed E-state index contributed by atoms with van der Waals surface area (Å²) in [7, 11) is -4.32. The first kappa shape index (κ1) is 6.88. The molecule has 0 radical (unpaired) electrons. The molecule has 3 nitrogen and oxygen atoms in total. The number of hydrogen-bond donors (Lipinski definition) is 1. The van der Waals surface area contributed by atoms with Crippen LogP contribution in [-0.4, -0.2) is 19.6 Å². The van der Waals surface area contributed by atoms with Crippen LogP contribution in [0.15, 0.2) is 0 Å². The lowest BCUT2D eigenvalue weighted by Gasteiger charge is -1.97. The van der Waals surface area contributed by atoms with Crippen LogP contribution in [0.3, 0.4) is 0 Å². The number of halogens is 2. The molecule has 9 heavy (non-hydrogen) atoms. The zero-order chi connectivity index (χ0) is 7.28. The third-order valence-electron chi connectivity index (χ3n) is 1.24. The van der Waals surface area contributed by atoms with Crippen molar-refractivity contribution < 1.29 is 17.2 Å². The molecular weight excluding hydrogens is 152 g/mol. The number of nitrogens with two attached hydrogens (primary N) is 1. The Morgan fingerprint density at radius 1 is 1.67 bits per heavy atom. The summed E-state index contributed by atoms with van der Waals surface area (Å²) < 4.78 is 44.3. The van der Waals surface area contributed by atoms with Gasteiger partial charge in [-0.05, 0) is 0 Å². The minimum absolute atomic E-state index is 0.619. The summed E-state index contributed by atoms with van der Waals surface area (Å²) in [6.45, 7) is 0. The normalized spacial score (nSPS) is 42.8. The summed E-state index contributed by atoms with van der Waals surface area (Å²) in [5.74, 6) is 0. The summed E-state index contributed by atoms with van der Waals surface area (Å²) >= 11 is 0. The standard InChI is InChI=1S/C3H5F2NO2S/c4-2-1-3(2,5)9(6,7)8/h2H,1H2,(H2,6,7,8). The van der Waals surface area contributed by atoms with Gasteiger partial charge in [-0.15, -0.1) is 0 Å². The van der Waals surface area contributed by atoms with E-state index in [2.05, 4.69) is 5.14 Å². The molecule has 1 saturated carbocycles. The van der Waals surface area contributed by atoms with Crippen molar-refractivity contribution in [3.05, 3.63) is 0 Å². The molecule has 6 heteroatoms. The van der Waals surface area contributed by atoms with Crippen LogP contribution in [0.2, 0.25) is 0 Å². The Hall–Kier alpha value is -0.230. The number of sulfonamides is 1. The highest BCUT2D eigenvalue weighted by Crippen LogP contribution is 2.46. The highest BCUT2D eigenvalue weighted by atomic mass is 32.2. The average Bonchev–Trinajstić information content (AvgIpc) is 2.13. The van der Waals surface area contributed by atoms with Gasteiger partial charge in [0, 0.05) is 6.42 Å². The molecule has 0 amide bonds. The minimum atomic E-state index is -4.32. The van der Waals surface area contributed by atoms with Gasteiger partial charge in [0.05, 0.1) is 0 Å². The zero-order valence-corrected chi connectivity index (χ0v) is 5.16. The van der Waals surface area contributed by atoms with Crippen molar-refractivity contribution >= 4 is 10.0 Å². The van der Waals surface area contributed by atoms with E-state index in [-0.39, 0.29) is 0 Å².